The van der Waals surface area contributed by atoms with E-state index < -0.39 is 0 Å². The summed E-state index contributed by atoms with van der Waals surface area (Å²) in [6.07, 6.45) is 1.72. The molecule has 1 aliphatic rings. The minimum absolute atomic E-state index is 0.166. The predicted molar refractivity (Wildman–Crippen MR) is 119 cm³/mol. The van der Waals surface area contributed by atoms with E-state index in [1.54, 1.807) is 30.7 Å². The van der Waals surface area contributed by atoms with Gasteiger partial charge in [-0.1, -0.05) is 30.3 Å². The maximum atomic E-state index is 12.1. The van der Waals surface area contributed by atoms with Crippen molar-refractivity contribution in [2.45, 2.75) is 25.4 Å². The molecule has 3 aromatic rings. The molecule has 1 aliphatic heterocycles. The van der Waals surface area contributed by atoms with Crippen molar-refractivity contribution in [1.29, 1.82) is 0 Å². The number of nitrogens with one attached hydrogen (secondary N) is 1. The number of hydrogen-bond donors (Lipinski definition) is 1. The Hall–Kier alpha value is -3.39. The van der Waals surface area contributed by atoms with Crippen LogP contribution in [0.25, 0.3) is 11.3 Å². The molecular weight excluding hydrogens is 398 g/mol. The van der Waals surface area contributed by atoms with Crippen LogP contribution < -0.4 is 10.1 Å². The normalized spacial score (nSPS) is 18.5. The molecule has 1 N–H and O–H groups in total. The zero-order valence-electron chi connectivity index (χ0n) is 16.7. The molecular formula is C22H21N5O2S. The molecule has 0 saturated carbocycles. The third-order valence-electron chi connectivity index (χ3n) is 5.00. The first-order valence-electron chi connectivity index (χ1n) is 9.42. The van der Waals surface area contributed by atoms with Crippen molar-refractivity contribution in [3.05, 3.63) is 64.1 Å². The number of nitrogens with zero attached hydrogens (tertiary/aromatic N) is 4. The van der Waals surface area contributed by atoms with Gasteiger partial charge in [0.2, 0.25) is 5.88 Å². The van der Waals surface area contributed by atoms with Gasteiger partial charge in [0.1, 0.15) is 5.01 Å². The summed E-state index contributed by atoms with van der Waals surface area (Å²) in [6, 6.07) is 11.2. The molecule has 2 unspecified atom stereocenters. The van der Waals surface area contributed by atoms with Crippen LogP contribution in [0.1, 0.15) is 35.0 Å². The predicted octanol–water partition coefficient (Wildman–Crippen LogP) is 4.42. The summed E-state index contributed by atoms with van der Waals surface area (Å²) < 4.78 is 5.14. The summed E-state index contributed by atoms with van der Waals surface area (Å²) in [5.74, 6) is 0.357. The van der Waals surface area contributed by atoms with E-state index in [1.807, 2.05) is 42.6 Å². The van der Waals surface area contributed by atoms with Gasteiger partial charge in [-0.3, -0.25) is 4.99 Å². The van der Waals surface area contributed by atoms with E-state index in [2.05, 4.69) is 27.0 Å². The third-order valence-corrected chi connectivity index (χ3v) is 5.93. The van der Waals surface area contributed by atoms with E-state index >= 15 is 0 Å². The maximum Gasteiger partial charge on any atom is 0.341 e. The number of amides is 2. The van der Waals surface area contributed by atoms with Gasteiger partial charge in [-0.15, -0.1) is 11.3 Å². The van der Waals surface area contributed by atoms with Gasteiger partial charge in [-0.25, -0.2) is 19.8 Å². The summed E-state index contributed by atoms with van der Waals surface area (Å²) in [6.45, 7) is 5.99. The second-order valence-electron chi connectivity index (χ2n) is 6.94. The molecule has 7 nitrogen and oxygen atoms in total. The van der Waals surface area contributed by atoms with E-state index in [0.717, 1.165) is 33.1 Å². The van der Waals surface area contributed by atoms with Crippen LogP contribution in [-0.2, 0) is 6.54 Å². The first-order valence-corrected chi connectivity index (χ1v) is 10.3. The number of urea groups is 1. The molecule has 2 aromatic heterocycles. The highest BCUT2D eigenvalue weighted by atomic mass is 32.1. The van der Waals surface area contributed by atoms with Gasteiger partial charge in [0, 0.05) is 28.9 Å². The number of hydrogen-bond acceptors (Lipinski definition) is 6. The second-order valence-corrected chi connectivity index (χ2v) is 7.83. The topological polar surface area (TPSA) is 88.8 Å². The fourth-order valence-electron chi connectivity index (χ4n) is 3.49. The number of thiazole rings is 1. The first-order chi connectivity index (χ1) is 14.6. The van der Waals surface area contributed by atoms with Crippen LogP contribution in [0.15, 0.2) is 58.0 Å². The summed E-state index contributed by atoms with van der Waals surface area (Å²) in [5, 5.41) is 5.89. The van der Waals surface area contributed by atoms with Gasteiger partial charge < -0.3 is 10.1 Å². The van der Waals surface area contributed by atoms with Crippen LogP contribution in [0.2, 0.25) is 0 Å². The molecule has 8 heteroatoms. The van der Waals surface area contributed by atoms with E-state index in [4.69, 9.17) is 9.72 Å². The molecule has 2 amide bonds. The first kappa shape index (κ1) is 19.9. The van der Waals surface area contributed by atoms with Crippen molar-refractivity contribution >= 4 is 29.8 Å². The monoisotopic (exact) mass is 419 g/mol. The van der Waals surface area contributed by atoms with Crippen molar-refractivity contribution in [1.82, 2.24) is 15.3 Å². The second kappa shape index (κ2) is 8.54. The number of pyridine rings is 1. The van der Waals surface area contributed by atoms with Gasteiger partial charge in [0.05, 0.1) is 31.3 Å². The van der Waals surface area contributed by atoms with E-state index in [1.165, 1.54) is 0 Å². The van der Waals surface area contributed by atoms with Crippen LogP contribution in [0, 0.1) is 0 Å². The average Bonchev–Trinajstić information content (AvgIpc) is 3.23. The molecule has 30 heavy (non-hydrogen) atoms. The van der Waals surface area contributed by atoms with Gasteiger partial charge in [0.15, 0.2) is 0 Å². The van der Waals surface area contributed by atoms with Crippen LogP contribution in [0.5, 0.6) is 5.88 Å². The SMILES string of the molecule is C=NCc1ccc(-c2csc(C3C(C)=NC(=O)NC3c3ccc(OC)nc3)n2)cc1. The highest BCUT2D eigenvalue weighted by Gasteiger charge is 2.35. The molecule has 0 saturated heterocycles. The quantitative estimate of drug-likeness (QED) is 0.599. The number of carbonyl (C=O) groups is 1. The Morgan fingerprint density at radius 3 is 2.70 bits per heavy atom. The molecule has 2 atom stereocenters. The van der Waals surface area contributed by atoms with Crippen molar-refractivity contribution in [2.24, 2.45) is 9.98 Å². The molecule has 0 radical (unpaired) electrons. The van der Waals surface area contributed by atoms with Crippen molar-refractivity contribution in [3.8, 4) is 17.1 Å². The summed E-state index contributed by atoms with van der Waals surface area (Å²) in [5.41, 5.74) is 4.63. The Bertz CT molecular complexity index is 1090. The molecule has 0 spiro atoms. The largest absolute Gasteiger partial charge is 0.481 e. The Balaban J connectivity index is 1.66. The van der Waals surface area contributed by atoms with Gasteiger partial charge in [-0.05, 0) is 24.8 Å². The number of ether oxygens (including phenoxy) is 1. The maximum absolute atomic E-state index is 12.1. The Morgan fingerprint density at radius 1 is 1.23 bits per heavy atom. The minimum Gasteiger partial charge on any atom is -0.481 e. The van der Waals surface area contributed by atoms with Crippen LogP contribution in [-0.4, -0.2) is 35.5 Å². The van der Waals surface area contributed by atoms with E-state index in [0.29, 0.717) is 12.4 Å². The molecule has 0 bridgehead atoms. The average molecular weight is 420 g/mol. The molecule has 1 aromatic carbocycles. The molecule has 4 rings (SSSR count). The number of aromatic nitrogens is 2. The number of rotatable bonds is 6. The number of benzene rings is 1. The Kier molecular flexibility index (Phi) is 5.67. The van der Waals surface area contributed by atoms with Crippen molar-refractivity contribution < 1.29 is 9.53 Å². The summed E-state index contributed by atoms with van der Waals surface area (Å²) in [7, 11) is 1.57. The van der Waals surface area contributed by atoms with Crippen LogP contribution >= 0.6 is 11.3 Å². The Morgan fingerprint density at radius 2 is 2.03 bits per heavy atom. The fraction of sp³-hybridized carbons (Fsp3) is 0.227. The zero-order chi connectivity index (χ0) is 21.1. The summed E-state index contributed by atoms with van der Waals surface area (Å²) >= 11 is 1.56. The van der Waals surface area contributed by atoms with Gasteiger partial charge in [-0.2, -0.15) is 0 Å². The third kappa shape index (κ3) is 3.99. The zero-order valence-corrected chi connectivity index (χ0v) is 17.5. The number of aliphatic imine (C=N–C) groups is 2. The molecule has 0 aliphatic carbocycles. The summed E-state index contributed by atoms with van der Waals surface area (Å²) in [4.78, 5) is 29.3. The van der Waals surface area contributed by atoms with Crippen LogP contribution in [0.4, 0.5) is 4.79 Å². The van der Waals surface area contributed by atoms with Crippen molar-refractivity contribution in [3.63, 3.8) is 0 Å². The lowest BCUT2D eigenvalue weighted by Crippen LogP contribution is -2.38. The standard InChI is InChI=1S/C22H21N5O2S/c1-13-19(20(27-22(28)25-13)16-8-9-18(29-3)24-11-16)21-26-17(12-30-21)15-6-4-14(5-7-15)10-23-2/h4-9,11-12,19-20H,2,10H2,1,3H3,(H,27,28). The molecule has 3 heterocycles. The molecule has 0 fully saturated rings. The van der Waals surface area contributed by atoms with Crippen molar-refractivity contribution in [2.75, 3.05) is 7.11 Å². The van der Waals surface area contributed by atoms with Crippen LogP contribution in [0.3, 0.4) is 0 Å². The van der Waals surface area contributed by atoms with Gasteiger partial charge >= 0.3 is 6.03 Å². The lowest BCUT2D eigenvalue weighted by Gasteiger charge is -2.29. The van der Waals surface area contributed by atoms with E-state index in [-0.39, 0.29) is 18.0 Å². The lowest BCUT2D eigenvalue weighted by atomic mass is 9.89. The molecule has 152 valence electrons. The highest BCUT2D eigenvalue weighted by Crippen LogP contribution is 2.38. The van der Waals surface area contributed by atoms with Gasteiger partial charge in [0.25, 0.3) is 0 Å². The smallest absolute Gasteiger partial charge is 0.341 e. The van der Waals surface area contributed by atoms with E-state index in [9.17, 15) is 4.79 Å². The number of methoxy groups -OCH3 is 1. The Labute approximate surface area is 178 Å². The number of carbonyl (C=O) groups excluding carboxylic acids is 1. The lowest BCUT2D eigenvalue weighted by molar-refractivity contribution is 0.243. The minimum atomic E-state index is -0.354. The fourth-order valence-corrected chi connectivity index (χ4v) is 4.51. The highest BCUT2D eigenvalue weighted by molar-refractivity contribution is 7.10.